The predicted molar refractivity (Wildman–Crippen MR) is 92.8 cm³/mol. The van der Waals surface area contributed by atoms with Gasteiger partial charge in [0.1, 0.15) is 6.54 Å². The van der Waals surface area contributed by atoms with Crippen molar-refractivity contribution in [1.29, 1.82) is 0 Å². The van der Waals surface area contributed by atoms with E-state index in [2.05, 4.69) is 5.32 Å². The number of nitrogens with zero attached hydrogens (tertiary/aromatic N) is 1. The maximum Gasteiger partial charge on any atom is 0.244 e. The number of carbonyl (C=O) groups excluding carboxylic acids is 1. The van der Waals surface area contributed by atoms with Crippen LogP contribution in [0.3, 0.4) is 0 Å². The number of nitrogens with one attached hydrogen (secondary N) is 1. The van der Waals surface area contributed by atoms with E-state index in [1.165, 1.54) is 11.6 Å². The maximum absolute atomic E-state index is 12.3. The third kappa shape index (κ3) is 3.16. The van der Waals surface area contributed by atoms with Gasteiger partial charge in [-0.05, 0) is 49.2 Å². The molecule has 3 aromatic rings. The summed E-state index contributed by atoms with van der Waals surface area (Å²) in [6.07, 6.45) is 1.66. The molecule has 0 fully saturated rings. The Morgan fingerprint density at radius 3 is 2.61 bits per heavy atom. The Balaban J connectivity index is 1.84. The van der Waals surface area contributed by atoms with E-state index in [1.54, 1.807) is 16.8 Å². The second-order valence-corrected chi connectivity index (χ2v) is 5.67. The lowest BCUT2D eigenvalue weighted by Crippen LogP contribution is -2.20. The molecule has 0 saturated heterocycles. The number of fused-ring (bicyclic) bond motifs is 1. The van der Waals surface area contributed by atoms with Gasteiger partial charge in [0, 0.05) is 23.3 Å². The molecule has 0 spiro atoms. The first-order chi connectivity index (χ1) is 11.0. The summed E-state index contributed by atoms with van der Waals surface area (Å²) in [4.78, 5) is 24.2. The second-order valence-electron chi connectivity index (χ2n) is 5.67. The Bertz CT molecular complexity index is 941. The summed E-state index contributed by atoms with van der Waals surface area (Å²) >= 11 is 0. The number of hydrogen-bond acceptors (Lipinski definition) is 2. The van der Waals surface area contributed by atoms with E-state index < -0.39 is 0 Å². The lowest BCUT2D eigenvalue weighted by molar-refractivity contribution is -0.116. The predicted octanol–water partition coefficient (Wildman–Crippen LogP) is 3.26. The summed E-state index contributed by atoms with van der Waals surface area (Å²) in [5.41, 5.74) is 3.83. The van der Waals surface area contributed by atoms with Gasteiger partial charge in [-0.1, -0.05) is 18.2 Å². The van der Waals surface area contributed by atoms with Gasteiger partial charge in [-0.25, -0.2) is 0 Å². The average molecular weight is 306 g/mol. The van der Waals surface area contributed by atoms with Gasteiger partial charge < -0.3 is 9.88 Å². The lowest BCUT2D eigenvalue weighted by atomic mass is 10.1. The van der Waals surface area contributed by atoms with Crippen molar-refractivity contribution >= 4 is 22.5 Å². The Labute approximate surface area is 134 Å². The fraction of sp³-hybridized carbons (Fsp3) is 0.158. The molecule has 1 heterocycles. The van der Waals surface area contributed by atoms with E-state index in [0.717, 1.165) is 16.8 Å². The van der Waals surface area contributed by atoms with Crippen LogP contribution in [0.1, 0.15) is 11.1 Å². The van der Waals surface area contributed by atoms with Crippen LogP contribution in [-0.4, -0.2) is 10.5 Å². The molecule has 0 unspecified atom stereocenters. The van der Waals surface area contributed by atoms with Crippen molar-refractivity contribution in [2.75, 3.05) is 5.32 Å². The molecule has 1 aromatic heterocycles. The molecule has 116 valence electrons. The van der Waals surface area contributed by atoms with Crippen molar-refractivity contribution in [1.82, 2.24) is 4.57 Å². The molecule has 0 aliphatic heterocycles. The van der Waals surface area contributed by atoms with E-state index in [4.69, 9.17) is 0 Å². The smallest absolute Gasteiger partial charge is 0.244 e. The average Bonchev–Trinajstić information content (AvgIpc) is 2.54. The number of amides is 1. The summed E-state index contributed by atoms with van der Waals surface area (Å²) in [7, 11) is 0. The van der Waals surface area contributed by atoms with Gasteiger partial charge in [0.25, 0.3) is 0 Å². The second kappa shape index (κ2) is 6.08. The molecule has 1 N–H and O–H groups in total. The van der Waals surface area contributed by atoms with Crippen LogP contribution < -0.4 is 10.7 Å². The van der Waals surface area contributed by atoms with Crippen LogP contribution in [0, 0.1) is 13.8 Å². The molecule has 0 aliphatic carbocycles. The van der Waals surface area contributed by atoms with Crippen LogP contribution in [0.5, 0.6) is 0 Å². The topological polar surface area (TPSA) is 51.1 Å². The normalized spacial score (nSPS) is 10.7. The van der Waals surface area contributed by atoms with Crippen LogP contribution in [0.15, 0.2) is 59.5 Å². The minimum Gasteiger partial charge on any atom is -0.338 e. The van der Waals surface area contributed by atoms with Gasteiger partial charge in [0.2, 0.25) is 5.91 Å². The Morgan fingerprint density at radius 2 is 1.83 bits per heavy atom. The number of benzene rings is 2. The molecule has 0 bridgehead atoms. The van der Waals surface area contributed by atoms with Crippen molar-refractivity contribution in [3.63, 3.8) is 0 Å². The van der Waals surface area contributed by atoms with Gasteiger partial charge in [-0.3, -0.25) is 9.59 Å². The lowest BCUT2D eigenvalue weighted by Gasteiger charge is -2.12. The third-order valence-corrected chi connectivity index (χ3v) is 3.99. The zero-order valence-electron chi connectivity index (χ0n) is 13.2. The number of pyridine rings is 1. The molecule has 4 nitrogen and oxygen atoms in total. The fourth-order valence-corrected chi connectivity index (χ4v) is 2.57. The zero-order valence-corrected chi connectivity index (χ0v) is 13.2. The van der Waals surface area contributed by atoms with Crippen molar-refractivity contribution < 1.29 is 4.79 Å². The van der Waals surface area contributed by atoms with Crippen LogP contribution in [0.2, 0.25) is 0 Å². The first-order valence-electron chi connectivity index (χ1n) is 7.50. The van der Waals surface area contributed by atoms with E-state index in [0.29, 0.717) is 5.39 Å². The number of hydrogen-bond donors (Lipinski definition) is 1. The number of carbonyl (C=O) groups is 1. The largest absolute Gasteiger partial charge is 0.338 e. The van der Waals surface area contributed by atoms with Crippen molar-refractivity contribution in [2.45, 2.75) is 20.4 Å². The van der Waals surface area contributed by atoms with Crippen molar-refractivity contribution in [3.05, 3.63) is 76.1 Å². The summed E-state index contributed by atoms with van der Waals surface area (Å²) in [5, 5.41) is 3.52. The van der Waals surface area contributed by atoms with E-state index in [9.17, 15) is 9.59 Å². The van der Waals surface area contributed by atoms with Crippen LogP contribution >= 0.6 is 0 Å². The van der Waals surface area contributed by atoms with Crippen LogP contribution in [0.4, 0.5) is 5.69 Å². The highest BCUT2D eigenvalue weighted by Gasteiger charge is 2.07. The highest BCUT2D eigenvalue weighted by molar-refractivity contribution is 5.91. The summed E-state index contributed by atoms with van der Waals surface area (Å²) in [6, 6.07) is 14.6. The van der Waals surface area contributed by atoms with Gasteiger partial charge in [-0.15, -0.1) is 0 Å². The molecule has 0 saturated carbocycles. The molecule has 4 heteroatoms. The minimum absolute atomic E-state index is 0.0357. The molecular weight excluding hydrogens is 288 g/mol. The number of aryl methyl sites for hydroxylation is 2. The molecular formula is C19H18N2O2. The Morgan fingerprint density at radius 1 is 1.04 bits per heavy atom. The van der Waals surface area contributed by atoms with E-state index >= 15 is 0 Å². The summed E-state index contributed by atoms with van der Waals surface area (Å²) < 4.78 is 1.78. The highest BCUT2D eigenvalue weighted by Crippen LogP contribution is 2.15. The number of anilines is 1. The van der Waals surface area contributed by atoms with Gasteiger partial charge >= 0.3 is 0 Å². The highest BCUT2D eigenvalue weighted by atomic mass is 16.2. The molecule has 0 radical (unpaired) electrons. The van der Waals surface area contributed by atoms with Crippen molar-refractivity contribution in [3.8, 4) is 0 Å². The summed E-state index contributed by atoms with van der Waals surface area (Å²) in [6.45, 7) is 4.21. The zero-order chi connectivity index (χ0) is 16.4. The summed E-state index contributed by atoms with van der Waals surface area (Å²) in [5.74, 6) is -0.123. The maximum atomic E-state index is 12.3. The first-order valence-corrected chi connectivity index (χ1v) is 7.50. The third-order valence-electron chi connectivity index (χ3n) is 3.99. The monoisotopic (exact) mass is 306 g/mol. The first kappa shape index (κ1) is 15.0. The molecule has 1 amide bonds. The van der Waals surface area contributed by atoms with Gasteiger partial charge in [-0.2, -0.15) is 0 Å². The standard InChI is InChI=1S/C19H18N2O2/c1-13-7-8-15(11-14(13)2)20-19(23)12-21-10-9-18(22)16-5-3-4-6-17(16)21/h3-11H,12H2,1-2H3,(H,20,23). The Kier molecular flexibility index (Phi) is 3.98. The minimum atomic E-state index is -0.123. The fourth-order valence-electron chi connectivity index (χ4n) is 2.57. The van der Waals surface area contributed by atoms with Crippen LogP contribution in [-0.2, 0) is 11.3 Å². The van der Waals surface area contributed by atoms with E-state index in [1.807, 2.05) is 50.2 Å². The van der Waals surface area contributed by atoms with Crippen LogP contribution in [0.25, 0.3) is 10.9 Å². The molecule has 3 rings (SSSR count). The van der Waals surface area contributed by atoms with Crippen molar-refractivity contribution in [2.24, 2.45) is 0 Å². The Hall–Kier alpha value is -2.88. The van der Waals surface area contributed by atoms with E-state index in [-0.39, 0.29) is 17.9 Å². The van der Waals surface area contributed by atoms with Gasteiger partial charge in [0.15, 0.2) is 5.43 Å². The SMILES string of the molecule is Cc1ccc(NC(=O)Cn2ccc(=O)c3ccccc32)cc1C. The number of aromatic nitrogens is 1. The molecule has 0 atom stereocenters. The number of rotatable bonds is 3. The molecule has 23 heavy (non-hydrogen) atoms. The quantitative estimate of drug-likeness (QED) is 0.807. The number of para-hydroxylation sites is 1. The molecule has 0 aliphatic rings. The van der Waals surface area contributed by atoms with Gasteiger partial charge in [0.05, 0.1) is 5.52 Å². The molecule has 2 aromatic carbocycles.